The first-order chi connectivity index (χ1) is 22.3. The van der Waals surface area contributed by atoms with Crippen molar-refractivity contribution in [2.45, 2.75) is 188 Å². The molecule has 0 heterocycles. The monoisotopic (exact) mass is 653 g/mol. The van der Waals surface area contributed by atoms with Crippen molar-refractivity contribution >= 4 is 0 Å². The third-order valence-corrected chi connectivity index (χ3v) is 8.39. The van der Waals surface area contributed by atoms with E-state index in [2.05, 4.69) is 113 Å². The lowest BCUT2D eigenvalue weighted by Crippen LogP contribution is -2.11. The summed E-state index contributed by atoms with van der Waals surface area (Å²) in [6.07, 6.45) is 23.2. The Kier molecular flexibility index (Phi) is 44.4. The largest absolute Gasteiger partial charge is 0.0958 e. The summed E-state index contributed by atoms with van der Waals surface area (Å²) in [5.74, 6) is 2.86. The van der Waals surface area contributed by atoms with Gasteiger partial charge in [0.05, 0.1) is 0 Å². The molecule has 0 saturated heterocycles. The Bertz CT molecular complexity index is 906. The smallest absolute Gasteiger partial charge is 0.0270 e. The quantitative estimate of drug-likeness (QED) is 0.137. The second-order valence-electron chi connectivity index (χ2n) is 12.5. The van der Waals surface area contributed by atoms with Crippen molar-refractivity contribution in [3.05, 3.63) is 95.2 Å². The van der Waals surface area contributed by atoms with Crippen molar-refractivity contribution in [1.82, 2.24) is 0 Å². The van der Waals surface area contributed by atoms with Crippen LogP contribution in [0.2, 0.25) is 0 Å². The Hall–Kier alpha value is -2.08. The fraction of sp³-hybridized carbons (Fsp3) is 0.660. The predicted molar refractivity (Wildman–Crippen MR) is 227 cm³/mol. The van der Waals surface area contributed by atoms with Crippen LogP contribution in [0.3, 0.4) is 0 Å². The van der Waals surface area contributed by atoms with Crippen molar-refractivity contribution in [2.75, 3.05) is 0 Å². The molecule has 0 spiro atoms. The Morgan fingerprint density at radius 2 is 1.15 bits per heavy atom. The van der Waals surface area contributed by atoms with Gasteiger partial charge >= 0.3 is 0 Å². The van der Waals surface area contributed by atoms with Gasteiger partial charge in [-0.25, -0.2) is 0 Å². The molecule has 276 valence electrons. The maximum atomic E-state index is 4.30. The normalized spacial score (nSPS) is 14.0. The zero-order valence-corrected chi connectivity index (χ0v) is 35.6. The highest BCUT2D eigenvalue weighted by Gasteiger charge is 2.17. The van der Waals surface area contributed by atoms with Crippen LogP contribution in [-0.4, -0.2) is 0 Å². The van der Waals surface area contributed by atoms with E-state index in [9.17, 15) is 0 Å². The summed E-state index contributed by atoms with van der Waals surface area (Å²) in [5.41, 5.74) is 9.64. The molecule has 0 aromatic rings. The van der Waals surface area contributed by atoms with Gasteiger partial charge in [0.1, 0.15) is 0 Å². The van der Waals surface area contributed by atoms with Crippen molar-refractivity contribution < 1.29 is 0 Å². The molecule has 0 nitrogen and oxygen atoms in total. The van der Waals surface area contributed by atoms with Crippen LogP contribution in [0.1, 0.15) is 188 Å². The summed E-state index contributed by atoms with van der Waals surface area (Å²) in [6, 6.07) is 0. The summed E-state index contributed by atoms with van der Waals surface area (Å²) < 4.78 is 0. The van der Waals surface area contributed by atoms with Crippen LogP contribution in [0.25, 0.3) is 0 Å². The summed E-state index contributed by atoms with van der Waals surface area (Å²) in [4.78, 5) is 0. The van der Waals surface area contributed by atoms with Crippen LogP contribution in [0, 0.1) is 17.8 Å². The molecule has 0 heteroatoms. The SMILES string of the molecule is C=C(C)/C(C)=C\C(=C/C)C(=C)CCCC(CCC)C(C)CC.C=C(C)C(=C\CCC)/C=C(\C)C(=C)C.CC.CC.CC.CCC1CC1. The number of allylic oxidation sites excluding steroid dienone is 12. The Labute approximate surface area is 300 Å². The molecule has 2 unspecified atom stereocenters. The van der Waals surface area contributed by atoms with E-state index in [4.69, 9.17) is 0 Å². The molecule has 1 aliphatic carbocycles. The highest BCUT2D eigenvalue weighted by atomic mass is 14.2. The van der Waals surface area contributed by atoms with E-state index in [0.29, 0.717) is 0 Å². The first kappa shape index (κ1) is 54.4. The molecule has 0 aromatic heterocycles. The van der Waals surface area contributed by atoms with Gasteiger partial charge < -0.3 is 0 Å². The molecule has 47 heavy (non-hydrogen) atoms. The maximum absolute atomic E-state index is 4.30. The van der Waals surface area contributed by atoms with Gasteiger partial charge in [-0.1, -0.05) is 188 Å². The van der Waals surface area contributed by atoms with E-state index >= 15 is 0 Å². The minimum atomic E-state index is 0.847. The van der Waals surface area contributed by atoms with Gasteiger partial charge in [0.2, 0.25) is 0 Å². The fourth-order valence-electron chi connectivity index (χ4n) is 4.42. The van der Waals surface area contributed by atoms with E-state index in [1.165, 1.54) is 85.7 Å². The van der Waals surface area contributed by atoms with Crippen molar-refractivity contribution in [2.24, 2.45) is 17.8 Å². The number of hydrogen-bond donors (Lipinski definition) is 0. The van der Waals surface area contributed by atoms with Crippen LogP contribution in [0.15, 0.2) is 95.2 Å². The summed E-state index contributed by atoms with van der Waals surface area (Å²) in [5, 5.41) is 0. The van der Waals surface area contributed by atoms with Crippen molar-refractivity contribution in [3.8, 4) is 0 Å². The highest BCUT2D eigenvalue weighted by molar-refractivity contribution is 5.43. The Morgan fingerprint density at radius 1 is 0.681 bits per heavy atom. The fourth-order valence-corrected chi connectivity index (χ4v) is 4.42. The minimum Gasteiger partial charge on any atom is -0.0958 e. The van der Waals surface area contributed by atoms with Crippen LogP contribution < -0.4 is 0 Å². The van der Waals surface area contributed by atoms with E-state index in [-0.39, 0.29) is 0 Å². The number of unbranched alkanes of at least 4 members (excludes halogenated alkanes) is 1. The topological polar surface area (TPSA) is 0 Å². The first-order valence-corrected chi connectivity index (χ1v) is 19.7. The van der Waals surface area contributed by atoms with E-state index < -0.39 is 0 Å². The van der Waals surface area contributed by atoms with Gasteiger partial charge in [-0.3, -0.25) is 0 Å². The third kappa shape index (κ3) is 33.6. The van der Waals surface area contributed by atoms with Gasteiger partial charge in [0.25, 0.3) is 0 Å². The molecular formula is C47H88. The number of hydrogen-bond acceptors (Lipinski definition) is 0. The minimum absolute atomic E-state index is 0.847. The molecule has 0 N–H and O–H groups in total. The summed E-state index contributed by atoms with van der Waals surface area (Å²) >= 11 is 0. The molecule has 0 radical (unpaired) electrons. The van der Waals surface area contributed by atoms with E-state index in [0.717, 1.165) is 47.3 Å². The molecule has 1 fully saturated rings. The standard InChI is InChI=1S/C22H38.C14H22.C5H10.3C2H6/c1-9-13-22(18(6)10-2)15-12-14-19(7)21(11-3)16-20(8)17(4)5;1-7-8-9-14(12(4)5)10-13(6)11(2)3;1-2-5-3-4-5;3*1-2/h11,16,18,22H,4,7,9-10,12-15H2,1-3,5-6,8H3;9-10H,2,4,7-8H2,1,3,5-6H3;5H,2-4H2,1H3;3*1-2H3/b20-16-,21-11+;13-10+,14-9-;;;;. The molecule has 0 amide bonds. The van der Waals surface area contributed by atoms with Crippen LogP contribution in [0.4, 0.5) is 0 Å². The average Bonchev–Trinajstić information content (AvgIpc) is 3.92. The molecule has 0 bridgehead atoms. The first-order valence-electron chi connectivity index (χ1n) is 19.7. The second-order valence-corrected chi connectivity index (χ2v) is 12.5. The lowest BCUT2D eigenvalue weighted by molar-refractivity contribution is 0.299. The molecule has 1 saturated carbocycles. The molecule has 0 aromatic carbocycles. The predicted octanol–water partition coefficient (Wildman–Crippen LogP) is 17.3. The molecule has 2 atom stereocenters. The lowest BCUT2D eigenvalue weighted by Gasteiger charge is -2.22. The molecule has 0 aliphatic heterocycles. The molecule has 1 rings (SSSR count). The van der Waals surface area contributed by atoms with E-state index in [1.54, 1.807) is 0 Å². The Morgan fingerprint density at radius 3 is 1.45 bits per heavy atom. The molecular weight excluding hydrogens is 565 g/mol. The Balaban J connectivity index is -0.000000199. The average molecular weight is 653 g/mol. The van der Waals surface area contributed by atoms with Crippen LogP contribution >= 0.6 is 0 Å². The number of rotatable bonds is 17. The highest BCUT2D eigenvalue weighted by Crippen LogP contribution is 2.31. The van der Waals surface area contributed by atoms with Gasteiger partial charge in [0, 0.05) is 0 Å². The van der Waals surface area contributed by atoms with Gasteiger partial charge in [-0.05, 0) is 113 Å². The second kappa shape index (κ2) is 38.4. The summed E-state index contributed by atoms with van der Waals surface area (Å²) in [6.45, 7) is 52.1. The maximum Gasteiger partial charge on any atom is -0.0270 e. The van der Waals surface area contributed by atoms with Crippen molar-refractivity contribution in [3.63, 3.8) is 0 Å². The van der Waals surface area contributed by atoms with Crippen LogP contribution in [-0.2, 0) is 0 Å². The third-order valence-electron chi connectivity index (χ3n) is 8.39. The van der Waals surface area contributed by atoms with Gasteiger partial charge in [-0.15, -0.1) is 0 Å². The van der Waals surface area contributed by atoms with Gasteiger partial charge in [-0.2, -0.15) is 0 Å². The van der Waals surface area contributed by atoms with Crippen molar-refractivity contribution in [1.29, 1.82) is 0 Å². The zero-order chi connectivity index (χ0) is 38.0. The van der Waals surface area contributed by atoms with E-state index in [1.807, 2.05) is 55.4 Å². The van der Waals surface area contributed by atoms with Gasteiger partial charge in [0.15, 0.2) is 0 Å². The van der Waals surface area contributed by atoms with Crippen LogP contribution in [0.5, 0.6) is 0 Å². The summed E-state index contributed by atoms with van der Waals surface area (Å²) in [7, 11) is 0. The zero-order valence-electron chi connectivity index (χ0n) is 35.6. The molecule has 1 aliphatic rings. The lowest BCUT2D eigenvalue weighted by atomic mass is 9.83.